The molecule has 0 saturated carbocycles. The Kier molecular flexibility index (Phi) is 4.61. The van der Waals surface area contributed by atoms with Crippen molar-refractivity contribution < 1.29 is 9.59 Å². The fraction of sp³-hybridized carbons (Fsp3) is 0. The first kappa shape index (κ1) is 15.9. The molecule has 0 aliphatic carbocycles. The van der Waals surface area contributed by atoms with Gasteiger partial charge in [0, 0.05) is 10.6 Å². The highest BCUT2D eigenvalue weighted by Gasteiger charge is 2.33. The third-order valence-corrected chi connectivity index (χ3v) is 4.77. The van der Waals surface area contributed by atoms with Gasteiger partial charge in [-0.2, -0.15) is 0 Å². The molecule has 1 fully saturated rings. The standard InChI is InChI=1S/C17H10ClNO2S2/c18-13-2-1-3-14(9-13)19-16(21)15(23-17(19)22)8-11-4-6-12(10-20)7-5-11/h1-10H/b15-8-. The van der Waals surface area contributed by atoms with Crippen molar-refractivity contribution in [1.82, 2.24) is 0 Å². The average molecular weight is 360 g/mol. The number of thiocarbonyl (C=S) groups is 1. The van der Waals surface area contributed by atoms with Crippen LogP contribution in [-0.2, 0) is 4.79 Å². The van der Waals surface area contributed by atoms with Gasteiger partial charge in [-0.25, -0.2) is 0 Å². The summed E-state index contributed by atoms with van der Waals surface area (Å²) in [5.41, 5.74) is 2.08. The molecule has 114 valence electrons. The number of hydrogen-bond acceptors (Lipinski definition) is 4. The summed E-state index contributed by atoms with van der Waals surface area (Å²) in [5.74, 6) is -0.179. The third kappa shape index (κ3) is 3.37. The maximum absolute atomic E-state index is 12.6. The number of thioether (sulfide) groups is 1. The van der Waals surface area contributed by atoms with Crippen LogP contribution in [0.2, 0.25) is 5.02 Å². The molecular weight excluding hydrogens is 350 g/mol. The number of benzene rings is 2. The van der Waals surface area contributed by atoms with Gasteiger partial charge in [-0.15, -0.1) is 0 Å². The lowest BCUT2D eigenvalue weighted by atomic mass is 10.1. The Morgan fingerprint density at radius 2 is 1.78 bits per heavy atom. The van der Waals surface area contributed by atoms with Crippen molar-refractivity contribution >= 4 is 63.9 Å². The van der Waals surface area contributed by atoms with Crippen LogP contribution in [0, 0.1) is 0 Å². The van der Waals surface area contributed by atoms with Gasteiger partial charge in [0.15, 0.2) is 4.32 Å². The van der Waals surface area contributed by atoms with Gasteiger partial charge < -0.3 is 0 Å². The van der Waals surface area contributed by atoms with Gasteiger partial charge in [0.1, 0.15) is 6.29 Å². The number of amides is 1. The first-order valence-corrected chi connectivity index (χ1v) is 8.27. The molecule has 0 atom stereocenters. The van der Waals surface area contributed by atoms with E-state index >= 15 is 0 Å². The monoisotopic (exact) mass is 359 g/mol. The molecule has 0 radical (unpaired) electrons. The van der Waals surface area contributed by atoms with Crippen LogP contribution in [0.5, 0.6) is 0 Å². The molecule has 1 saturated heterocycles. The van der Waals surface area contributed by atoms with Crippen LogP contribution >= 0.6 is 35.6 Å². The van der Waals surface area contributed by atoms with Gasteiger partial charge in [-0.3, -0.25) is 14.5 Å². The molecule has 2 aromatic carbocycles. The molecule has 0 N–H and O–H groups in total. The summed E-state index contributed by atoms with van der Waals surface area (Å²) in [6.45, 7) is 0. The van der Waals surface area contributed by atoms with E-state index in [-0.39, 0.29) is 5.91 Å². The van der Waals surface area contributed by atoms with Gasteiger partial charge >= 0.3 is 0 Å². The van der Waals surface area contributed by atoms with Gasteiger partial charge in [0.05, 0.1) is 10.6 Å². The van der Waals surface area contributed by atoms with E-state index in [0.29, 0.717) is 25.5 Å². The van der Waals surface area contributed by atoms with Crippen molar-refractivity contribution in [3.05, 3.63) is 69.6 Å². The second-order valence-corrected chi connectivity index (χ2v) is 6.89. The number of anilines is 1. The smallest absolute Gasteiger partial charge is 0.270 e. The largest absolute Gasteiger partial charge is 0.298 e. The molecule has 3 rings (SSSR count). The van der Waals surface area contributed by atoms with E-state index in [4.69, 9.17) is 23.8 Å². The highest BCUT2D eigenvalue weighted by Crippen LogP contribution is 2.36. The quantitative estimate of drug-likeness (QED) is 0.457. The van der Waals surface area contributed by atoms with Crippen molar-refractivity contribution in [2.24, 2.45) is 0 Å². The Morgan fingerprint density at radius 3 is 2.43 bits per heavy atom. The minimum Gasteiger partial charge on any atom is -0.298 e. The molecule has 6 heteroatoms. The lowest BCUT2D eigenvalue weighted by Crippen LogP contribution is -2.27. The predicted molar refractivity (Wildman–Crippen MR) is 98.9 cm³/mol. The van der Waals surface area contributed by atoms with E-state index in [1.165, 1.54) is 16.7 Å². The van der Waals surface area contributed by atoms with Crippen LogP contribution in [0.15, 0.2) is 53.4 Å². The molecular formula is C17H10ClNO2S2. The number of carbonyl (C=O) groups is 2. The first-order valence-electron chi connectivity index (χ1n) is 6.67. The molecule has 1 aliphatic heterocycles. The number of rotatable bonds is 3. The Hall–Kier alpha value is -1.95. The van der Waals surface area contributed by atoms with Crippen LogP contribution in [0.4, 0.5) is 5.69 Å². The van der Waals surface area contributed by atoms with Gasteiger partial charge in [0.2, 0.25) is 0 Å². The van der Waals surface area contributed by atoms with E-state index in [1.807, 2.05) is 0 Å². The van der Waals surface area contributed by atoms with Crippen molar-refractivity contribution in [1.29, 1.82) is 0 Å². The van der Waals surface area contributed by atoms with Crippen LogP contribution in [-0.4, -0.2) is 16.5 Å². The zero-order valence-electron chi connectivity index (χ0n) is 11.7. The topological polar surface area (TPSA) is 37.4 Å². The Labute approximate surface area is 147 Å². The molecule has 23 heavy (non-hydrogen) atoms. The predicted octanol–water partition coefficient (Wildman–Crippen LogP) is 4.56. The Morgan fingerprint density at radius 1 is 1.09 bits per heavy atom. The van der Waals surface area contributed by atoms with E-state index in [1.54, 1.807) is 54.6 Å². The average Bonchev–Trinajstić information content (AvgIpc) is 2.82. The molecule has 3 nitrogen and oxygen atoms in total. The van der Waals surface area contributed by atoms with Gasteiger partial charge in [-0.1, -0.05) is 65.9 Å². The summed E-state index contributed by atoms with van der Waals surface area (Å²) in [4.78, 5) is 25.3. The second kappa shape index (κ2) is 6.66. The van der Waals surface area contributed by atoms with Crippen LogP contribution in [0.1, 0.15) is 15.9 Å². The maximum atomic E-state index is 12.6. The molecule has 0 spiro atoms. The van der Waals surface area contributed by atoms with Gasteiger partial charge in [-0.05, 0) is 29.8 Å². The second-order valence-electron chi connectivity index (χ2n) is 4.78. The summed E-state index contributed by atoms with van der Waals surface area (Å²) < 4.78 is 0.466. The van der Waals surface area contributed by atoms with Crippen molar-refractivity contribution in [2.75, 3.05) is 4.90 Å². The third-order valence-electron chi connectivity index (χ3n) is 3.23. The summed E-state index contributed by atoms with van der Waals surface area (Å²) in [6.07, 6.45) is 2.54. The zero-order valence-corrected chi connectivity index (χ0v) is 14.1. The summed E-state index contributed by atoms with van der Waals surface area (Å²) in [5, 5.41) is 0.546. The molecule has 1 aliphatic rings. The van der Waals surface area contributed by atoms with E-state index in [9.17, 15) is 9.59 Å². The SMILES string of the molecule is O=Cc1ccc(/C=C2\SC(=S)N(c3cccc(Cl)c3)C2=O)cc1. The Balaban J connectivity index is 1.91. The molecule has 1 amide bonds. The normalized spacial score (nSPS) is 16.2. The molecule has 2 aromatic rings. The summed E-state index contributed by atoms with van der Waals surface area (Å²) in [6, 6.07) is 14.0. The number of carbonyl (C=O) groups excluding carboxylic acids is 2. The number of halogens is 1. The van der Waals surface area contributed by atoms with Gasteiger partial charge in [0.25, 0.3) is 5.91 Å². The van der Waals surface area contributed by atoms with Crippen LogP contribution < -0.4 is 4.90 Å². The van der Waals surface area contributed by atoms with Crippen molar-refractivity contribution in [2.45, 2.75) is 0 Å². The van der Waals surface area contributed by atoms with E-state index in [0.717, 1.165) is 11.8 Å². The molecule has 0 bridgehead atoms. The number of hydrogen-bond donors (Lipinski definition) is 0. The number of aldehydes is 1. The highest BCUT2D eigenvalue weighted by atomic mass is 35.5. The van der Waals surface area contributed by atoms with Crippen LogP contribution in [0.25, 0.3) is 6.08 Å². The van der Waals surface area contributed by atoms with Crippen molar-refractivity contribution in [3.63, 3.8) is 0 Å². The highest BCUT2D eigenvalue weighted by molar-refractivity contribution is 8.27. The molecule has 1 heterocycles. The Bertz CT molecular complexity index is 831. The number of nitrogens with zero attached hydrogens (tertiary/aromatic N) is 1. The minimum absolute atomic E-state index is 0.179. The molecule has 0 unspecified atom stereocenters. The fourth-order valence-electron chi connectivity index (χ4n) is 2.13. The lowest BCUT2D eigenvalue weighted by molar-refractivity contribution is -0.113. The van der Waals surface area contributed by atoms with E-state index < -0.39 is 0 Å². The summed E-state index contributed by atoms with van der Waals surface area (Å²) >= 11 is 12.5. The van der Waals surface area contributed by atoms with E-state index in [2.05, 4.69) is 0 Å². The maximum Gasteiger partial charge on any atom is 0.270 e. The summed E-state index contributed by atoms with van der Waals surface area (Å²) in [7, 11) is 0. The van der Waals surface area contributed by atoms with Crippen LogP contribution in [0.3, 0.4) is 0 Å². The van der Waals surface area contributed by atoms with Crippen molar-refractivity contribution in [3.8, 4) is 0 Å². The zero-order chi connectivity index (χ0) is 16.4. The first-order chi connectivity index (χ1) is 11.1. The lowest BCUT2D eigenvalue weighted by Gasteiger charge is -2.14. The minimum atomic E-state index is -0.179. The fourth-order valence-corrected chi connectivity index (χ4v) is 3.61. The molecule has 0 aromatic heterocycles.